The molecule has 0 fully saturated rings. The first-order chi connectivity index (χ1) is 7.99. The molecular formula is C14H27N3. The van der Waals surface area contributed by atoms with E-state index in [1.807, 2.05) is 17.9 Å². The number of aromatic nitrogens is 2. The van der Waals surface area contributed by atoms with Crippen molar-refractivity contribution in [1.29, 1.82) is 0 Å². The molecule has 3 heteroatoms. The Morgan fingerprint density at radius 3 is 2.18 bits per heavy atom. The van der Waals surface area contributed by atoms with Gasteiger partial charge in [-0.1, -0.05) is 27.7 Å². The minimum Gasteiger partial charge on any atom is -0.308 e. The maximum absolute atomic E-state index is 4.19. The molecule has 0 amide bonds. The molecule has 0 unspecified atom stereocenters. The van der Waals surface area contributed by atoms with Gasteiger partial charge >= 0.3 is 0 Å². The van der Waals surface area contributed by atoms with Gasteiger partial charge in [0.1, 0.15) is 0 Å². The van der Waals surface area contributed by atoms with Crippen LogP contribution >= 0.6 is 0 Å². The SMILES string of the molecule is CC(C)CC(CC(C)C)NCc1ccnn1C. The van der Waals surface area contributed by atoms with Crippen molar-refractivity contribution in [1.82, 2.24) is 15.1 Å². The Morgan fingerprint density at radius 1 is 1.18 bits per heavy atom. The number of hydrogen-bond acceptors (Lipinski definition) is 2. The molecule has 1 aromatic rings. The van der Waals surface area contributed by atoms with Crippen molar-refractivity contribution < 1.29 is 0 Å². The maximum atomic E-state index is 4.19. The van der Waals surface area contributed by atoms with E-state index in [9.17, 15) is 0 Å². The second-order valence-electron chi connectivity index (χ2n) is 5.78. The zero-order valence-electron chi connectivity index (χ0n) is 11.9. The van der Waals surface area contributed by atoms with Gasteiger partial charge in [0.25, 0.3) is 0 Å². The zero-order valence-corrected chi connectivity index (χ0v) is 11.9. The smallest absolute Gasteiger partial charge is 0.0518 e. The highest BCUT2D eigenvalue weighted by Gasteiger charge is 2.12. The van der Waals surface area contributed by atoms with E-state index in [-0.39, 0.29) is 0 Å². The Morgan fingerprint density at radius 2 is 1.76 bits per heavy atom. The Kier molecular flexibility index (Phi) is 5.69. The summed E-state index contributed by atoms with van der Waals surface area (Å²) in [5.41, 5.74) is 1.25. The monoisotopic (exact) mass is 237 g/mol. The summed E-state index contributed by atoms with van der Waals surface area (Å²) < 4.78 is 1.94. The highest BCUT2D eigenvalue weighted by molar-refractivity contribution is 4.99. The average Bonchev–Trinajstić information content (AvgIpc) is 2.59. The van der Waals surface area contributed by atoms with Gasteiger partial charge < -0.3 is 5.32 Å². The molecule has 1 aromatic heterocycles. The minimum atomic E-state index is 0.616. The van der Waals surface area contributed by atoms with Crippen LogP contribution in [0.15, 0.2) is 12.3 Å². The minimum absolute atomic E-state index is 0.616. The largest absolute Gasteiger partial charge is 0.308 e. The summed E-state index contributed by atoms with van der Waals surface area (Å²) in [5.74, 6) is 1.50. The summed E-state index contributed by atoms with van der Waals surface area (Å²) in [7, 11) is 2.00. The Hall–Kier alpha value is -0.830. The van der Waals surface area contributed by atoms with Crippen molar-refractivity contribution in [3.63, 3.8) is 0 Å². The van der Waals surface area contributed by atoms with Gasteiger partial charge in [-0.2, -0.15) is 5.10 Å². The maximum Gasteiger partial charge on any atom is 0.0518 e. The van der Waals surface area contributed by atoms with E-state index in [4.69, 9.17) is 0 Å². The second kappa shape index (κ2) is 6.80. The lowest BCUT2D eigenvalue weighted by Crippen LogP contribution is -2.32. The lowest BCUT2D eigenvalue weighted by Gasteiger charge is -2.22. The van der Waals surface area contributed by atoms with Gasteiger partial charge in [-0.05, 0) is 30.7 Å². The summed E-state index contributed by atoms with van der Waals surface area (Å²) >= 11 is 0. The molecule has 98 valence electrons. The third kappa shape index (κ3) is 5.35. The zero-order chi connectivity index (χ0) is 12.8. The number of rotatable bonds is 7. The lowest BCUT2D eigenvalue weighted by molar-refractivity contribution is 0.355. The Balaban J connectivity index is 2.45. The summed E-state index contributed by atoms with van der Waals surface area (Å²) in [6.45, 7) is 10.1. The molecule has 0 aromatic carbocycles. The standard InChI is InChI=1S/C14H27N3/c1-11(2)8-13(9-12(3)4)15-10-14-6-7-16-17(14)5/h6-7,11-13,15H,8-10H2,1-5H3. The lowest BCUT2D eigenvalue weighted by atomic mass is 9.95. The number of hydrogen-bond donors (Lipinski definition) is 1. The first-order valence-corrected chi connectivity index (χ1v) is 6.69. The normalized spacial score (nSPS) is 12.0. The van der Waals surface area contributed by atoms with Crippen LogP contribution in [0, 0.1) is 11.8 Å². The molecule has 0 spiro atoms. The molecule has 0 saturated carbocycles. The van der Waals surface area contributed by atoms with Crippen molar-refractivity contribution in [2.45, 2.75) is 53.1 Å². The summed E-state index contributed by atoms with van der Waals surface area (Å²) in [6, 6.07) is 2.69. The summed E-state index contributed by atoms with van der Waals surface area (Å²) in [5, 5.41) is 7.86. The number of aryl methyl sites for hydroxylation is 1. The van der Waals surface area contributed by atoms with Crippen molar-refractivity contribution in [3.05, 3.63) is 18.0 Å². The van der Waals surface area contributed by atoms with Crippen LogP contribution in [0.5, 0.6) is 0 Å². The summed E-state index contributed by atoms with van der Waals surface area (Å²) in [4.78, 5) is 0. The van der Waals surface area contributed by atoms with Crippen molar-refractivity contribution in [2.24, 2.45) is 18.9 Å². The molecule has 1 rings (SSSR count). The molecular weight excluding hydrogens is 210 g/mol. The average molecular weight is 237 g/mol. The van der Waals surface area contributed by atoms with E-state index < -0.39 is 0 Å². The van der Waals surface area contributed by atoms with E-state index in [1.54, 1.807) is 0 Å². The molecule has 1 N–H and O–H groups in total. The van der Waals surface area contributed by atoms with Crippen LogP contribution in [0.2, 0.25) is 0 Å². The Bertz CT molecular complexity index is 305. The molecule has 0 aliphatic heterocycles. The molecule has 0 aliphatic rings. The van der Waals surface area contributed by atoms with E-state index >= 15 is 0 Å². The molecule has 0 radical (unpaired) electrons. The van der Waals surface area contributed by atoms with Crippen LogP contribution in [0.3, 0.4) is 0 Å². The first-order valence-electron chi connectivity index (χ1n) is 6.69. The van der Waals surface area contributed by atoms with Crippen LogP contribution in [0.4, 0.5) is 0 Å². The fraction of sp³-hybridized carbons (Fsp3) is 0.786. The highest BCUT2D eigenvalue weighted by atomic mass is 15.3. The van der Waals surface area contributed by atoms with Gasteiger partial charge in [0, 0.05) is 25.8 Å². The fourth-order valence-corrected chi connectivity index (χ4v) is 2.22. The molecule has 0 saturated heterocycles. The molecule has 0 atom stereocenters. The van der Waals surface area contributed by atoms with Crippen LogP contribution < -0.4 is 5.32 Å². The van der Waals surface area contributed by atoms with Crippen LogP contribution in [0.1, 0.15) is 46.2 Å². The van der Waals surface area contributed by atoms with Crippen LogP contribution in [-0.4, -0.2) is 15.8 Å². The van der Waals surface area contributed by atoms with Gasteiger partial charge in [0.05, 0.1) is 5.69 Å². The van der Waals surface area contributed by atoms with Crippen molar-refractivity contribution in [3.8, 4) is 0 Å². The van der Waals surface area contributed by atoms with Crippen LogP contribution in [-0.2, 0) is 13.6 Å². The quantitative estimate of drug-likeness (QED) is 0.790. The van der Waals surface area contributed by atoms with Gasteiger partial charge in [0.2, 0.25) is 0 Å². The number of nitrogens with one attached hydrogen (secondary N) is 1. The van der Waals surface area contributed by atoms with Gasteiger partial charge in [-0.3, -0.25) is 4.68 Å². The topological polar surface area (TPSA) is 29.9 Å². The van der Waals surface area contributed by atoms with Crippen molar-refractivity contribution in [2.75, 3.05) is 0 Å². The third-order valence-corrected chi connectivity index (χ3v) is 3.01. The van der Waals surface area contributed by atoms with Gasteiger partial charge in [-0.25, -0.2) is 0 Å². The molecule has 0 bridgehead atoms. The van der Waals surface area contributed by atoms with Crippen LogP contribution in [0.25, 0.3) is 0 Å². The fourth-order valence-electron chi connectivity index (χ4n) is 2.22. The molecule has 3 nitrogen and oxygen atoms in total. The second-order valence-corrected chi connectivity index (χ2v) is 5.78. The van der Waals surface area contributed by atoms with E-state index in [2.05, 4.69) is 44.2 Å². The molecule has 1 heterocycles. The predicted octanol–water partition coefficient (Wildman–Crippen LogP) is 2.97. The first kappa shape index (κ1) is 14.2. The van der Waals surface area contributed by atoms with Gasteiger partial charge in [0.15, 0.2) is 0 Å². The predicted molar refractivity (Wildman–Crippen MR) is 72.7 cm³/mol. The van der Waals surface area contributed by atoms with E-state index in [1.165, 1.54) is 18.5 Å². The third-order valence-electron chi connectivity index (χ3n) is 3.01. The van der Waals surface area contributed by atoms with E-state index in [0.717, 1.165) is 18.4 Å². The molecule has 17 heavy (non-hydrogen) atoms. The highest BCUT2D eigenvalue weighted by Crippen LogP contribution is 2.13. The molecule has 0 aliphatic carbocycles. The number of nitrogens with zero attached hydrogens (tertiary/aromatic N) is 2. The Labute approximate surface area is 106 Å². The van der Waals surface area contributed by atoms with E-state index in [0.29, 0.717) is 6.04 Å². The summed E-state index contributed by atoms with van der Waals surface area (Å²) in [6.07, 6.45) is 4.35. The van der Waals surface area contributed by atoms with Crippen molar-refractivity contribution >= 4 is 0 Å². The van der Waals surface area contributed by atoms with Gasteiger partial charge in [-0.15, -0.1) is 0 Å².